The van der Waals surface area contributed by atoms with E-state index >= 15 is 0 Å². The van der Waals surface area contributed by atoms with Gasteiger partial charge in [0.1, 0.15) is 0 Å². The van der Waals surface area contributed by atoms with Crippen LogP contribution in [0.1, 0.15) is 32.6 Å². The molecule has 1 N–H and O–H groups in total. The van der Waals surface area contributed by atoms with Crippen LogP contribution in [0.5, 0.6) is 0 Å². The van der Waals surface area contributed by atoms with Gasteiger partial charge in [0.2, 0.25) is 0 Å². The van der Waals surface area contributed by atoms with E-state index in [4.69, 9.17) is 0 Å². The predicted molar refractivity (Wildman–Crippen MR) is 56.2 cm³/mol. The summed E-state index contributed by atoms with van der Waals surface area (Å²) in [6.45, 7) is 3.03. The molecule has 0 aromatic carbocycles. The van der Waals surface area contributed by atoms with Gasteiger partial charge in [-0.15, -0.1) is 0 Å². The van der Waals surface area contributed by atoms with Crippen LogP contribution in [-0.2, 0) is 10.8 Å². The summed E-state index contributed by atoms with van der Waals surface area (Å²) in [4.78, 5) is 0. The molecule has 3 unspecified atom stereocenters. The van der Waals surface area contributed by atoms with E-state index in [1.165, 1.54) is 25.7 Å². The highest BCUT2D eigenvalue weighted by Gasteiger charge is 2.31. The first-order chi connectivity index (χ1) is 6.27. The monoisotopic (exact) mass is 201 g/mol. The number of nitrogens with one attached hydrogen (secondary N) is 1. The fourth-order valence-corrected chi connectivity index (χ4v) is 3.83. The average molecular weight is 201 g/mol. The van der Waals surface area contributed by atoms with E-state index in [2.05, 4.69) is 12.2 Å². The van der Waals surface area contributed by atoms with E-state index in [-0.39, 0.29) is 0 Å². The molecule has 0 aromatic rings. The molecule has 2 fully saturated rings. The predicted octanol–water partition coefficient (Wildman–Crippen LogP) is 1.29. The lowest BCUT2D eigenvalue weighted by atomic mass is 9.99. The third kappa shape index (κ3) is 2.13. The van der Waals surface area contributed by atoms with Crippen molar-refractivity contribution in [3.63, 3.8) is 0 Å². The molecule has 1 heterocycles. The summed E-state index contributed by atoms with van der Waals surface area (Å²) in [5.41, 5.74) is 0. The molecule has 2 aliphatic rings. The summed E-state index contributed by atoms with van der Waals surface area (Å²) in [5, 5.41) is 3.91. The Kier molecular flexibility index (Phi) is 3.04. The van der Waals surface area contributed by atoms with E-state index in [1.807, 2.05) is 0 Å². The highest BCUT2D eigenvalue weighted by Crippen LogP contribution is 2.29. The maximum atomic E-state index is 11.6. The number of rotatable bonds is 1. The molecule has 0 bridgehead atoms. The number of hydrogen-bond acceptors (Lipinski definition) is 2. The highest BCUT2D eigenvalue weighted by atomic mass is 32.2. The van der Waals surface area contributed by atoms with Crippen LogP contribution in [0, 0.1) is 5.92 Å². The zero-order chi connectivity index (χ0) is 9.26. The molecule has 0 amide bonds. The van der Waals surface area contributed by atoms with Gasteiger partial charge in [-0.1, -0.05) is 12.8 Å². The molecule has 13 heavy (non-hydrogen) atoms. The van der Waals surface area contributed by atoms with Gasteiger partial charge in [0, 0.05) is 34.4 Å². The van der Waals surface area contributed by atoms with Crippen LogP contribution < -0.4 is 5.32 Å². The standard InChI is InChI=1S/C10H19NOS/c1-8-6-11-10(7-13(8)12)9-4-2-3-5-9/h8-11H,2-7H2,1H3. The molecule has 2 rings (SSSR count). The molecule has 0 aromatic heterocycles. The molecular formula is C10H19NOS. The highest BCUT2D eigenvalue weighted by molar-refractivity contribution is 7.85. The van der Waals surface area contributed by atoms with Crippen LogP contribution in [0.2, 0.25) is 0 Å². The Morgan fingerprint density at radius 2 is 2.00 bits per heavy atom. The Bertz CT molecular complexity index is 201. The third-order valence-electron chi connectivity index (χ3n) is 3.43. The first-order valence-corrected chi connectivity index (χ1v) is 6.76. The van der Waals surface area contributed by atoms with Crippen LogP contribution in [0.25, 0.3) is 0 Å². The van der Waals surface area contributed by atoms with Gasteiger partial charge in [0.25, 0.3) is 0 Å². The summed E-state index contributed by atoms with van der Waals surface area (Å²) in [6, 6.07) is 0.555. The second-order valence-corrected chi connectivity index (χ2v) is 6.32. The van der Waals surface area contributed by atoms with Gasteiger partial charge in [0.15, 0.2) is 0 Å². The Labute approximate surface area is 82.9 Å². The molecule has 1 aliphatic carbocycles. The van der Waals surface area contributed by atoms with Crippen molar-refractivity contribution >= 4 is 10.8 Å². The maximum Gasteiger partial charge on any atom is 0.0445 e. The molecule has 1 saturated heterocycles. The second-order valence-electron chi connectivity index (χ2n) is 4.42. The van der Waals surface area contributed by atoms with Crippen molar-refractivity contribution in [2.24, 2.45) is 5.92 Å². The lowest BCUT2D eigenvalue weighted by Crippen LogP contribution is -2.49. The first kappa shape index (κ1) is 9.66. The molecule has 3 heteroatoms. The van der Waals surface area contributed by atoms with E-state index in [0.29, 0.717) is 11.3 Å². The molecule has 0 spiro atoms. The minimum absolute atomic E-state index is 0.359. The van der Waals surface area contributed by atoms with Gasteiger partial charge < -0.3 is 5.32 Å². The fourth-order valence-electron chi connectivity index (χ4n) is 2.47. The van der Waals surface area contributed by atoms with E-state index in [0.717, 1.165) is 18.2 Å². The first-order valence-electron chi connectivity index (χ1n) is 5.38. The van der Waals surface area contributed by atoms with Crippen molar-refractivity contribution in [2.75, 3.05) is 12.3 Å². The van der Waals surface area contributed by atoms with Crippen molar-refractivity contribution in [3.05, 3.63) is 0 Å². The average Bonchev–Trinajstić information content (AvgIpc) is 2.62. The van der Waals surface area contributed by atoms with Gasteiger partial charge in [-0.2, -0.15) is 0 Å². The van der Waals surface area contributed by atoms with Crippen molar-refractivity contribution in [1.82, 2.24) is 5.32 Å². The quantitative estimate of drug-likeness (QED) is 0.692. The van der Waals surface area contributed by atoms with Gasteiger partial charge >= 0.3 is 0 Å². The van der Waals surface area contributed by atoms with E-state index in [9.17, 15) is 4.21 Å². The zero-order valence-electron chi connectivity index (χ0n) is 8.29. The summed E-state index contributed by atoms with van der Waals surface area (Å²) < 4.78 is 11.6. The molecule has 2 nitrogen and oxygen atoms in total. The van der Waals surface area contributed by atoms with Crippen molar-refractivity contribution < 1.29 is 4.21 Å². The van der Waals surface area contributed by atoms with Gasteiger partial charge in [0.05, 0.1) is 0 Å². The minimum atomic E-state index is -0.574. The summed E-state index contributed by atoms with van der Waals surface area (Å²) in [7, 11) is -0.574. The Morgan fingerprint density at radius 3 is 2.62 bits per heavy atom. The molecule has 3 atom stereocenters. The summed E-state index contributed by atoms with van der Waals surface area (Å²) in [6.07, 6.45) is 5.46. The third-order valence-corrected chi connectivity index (χ3v) is 5.18. The number of hydrogen-bond donors (Lipinski definition) is 1. The van der Waals surface area contributed by atoms with Crippen LogP contribution in [0.4, 0.5) is 0 Å². The maximum absolute atomic E-state index is 11.6. The second kappa shape index (κ2) is 4.09. The van der Waals surface area contributed by atoms with Crippen molar-refractivity contribution in [1.29, 1.82) is 0 Å². The molecular weight excluding hydrogens is 182 g/mol. The molecule has 1 aliphatic heterocycles. The van der Waals surface area contributed by atoms with Crippen LogP contribution in [0.15, 0.2) is 0 Å². The normalized spacial score (nSPS) is 42.4. The largest absolute Gasteiger partial charge is 0.312 e. The van der Waals surface area contributed by atoms with E-state index in [1.54, 1.807) is 0 Å². The van der Waals surface area contributed by atoms with Crippen molar-refractivity contribution in [2.45, 2.75) is 43.9 Å². The zero-order valence-corrected chi connectivity index (χ0v) is 9.11. The van der Waals surface area contributed by atoms with Crippen molar-refractivity contribution in [3.8, 4) is 0 Å². The minimum Gasteiger partial charge on any atom is -0.312 e. The van der Waals surface area contributed by atoms with Crippen LogP contribution in [0.3, 0.4) is 0 Å². The van der Waals surface area contributed by atoms with Gasteiger partial charge in [-0.3, -0.25) is 4.21 Å². The topological polar surface area (TPSA) is 29.1 Å². The Balaban J connectivity index is 1.90. The fraction of sp³-hybridized carbons (Fsp3) is 1.00. The lowest BCUT2D eigenvalue weighted by molar-refractivity contribution is 0.376. The summed E-state index contributed by atoms with van der Waals surface area (Å²) >= 11 is 0. The van der Waals surface area contributed by atoms with E-state index < -0.39 is 10.8 Å². The SMILES string of the molecule is CC1CNC(C2CCCC2)CS1=O. The smallest absolute Gasteiger partial charge is 0.0445 e. The molecule has 0 radical (unpaired) electrons. The molecule has 76 valence electrons. The van der Waals surface area contributed by atoms with Gasteiger partial charge in [-0.25, -0.2) is 0 Å². The van der Waals surface area contributed by atoms with Crippen LogP contribution >= 0.6 is 0 Å². The summed E-state index contributed by atoms with van der Waals surface area (Å²) in [5.74, 6) is 1.71. The molecule has 1 saturated carbocycles. The van der Waals surface area contributed by atoms with Gasteiger partial charge in [-0.05, 0) is 25.7 Å². The Morgan fingerprint density at radius 1 is 1.31 bits per heavy atom. The van der Waals surface area contributed by atoms with Crippen LogP contribution in [-0.4, -0.2) is 27.8 Å². The lowest BCUT2D eigenvalue weighted by Gasteiger charge is -2.31. The Hall–Kier alpha value is 0.110.